The van der Waals surface area contributed by atoms with Gasteiger partial charge in [0, 0.05) is 23.4 Å². The van der Waals surface area contributed by atoms with Crippen LogP contribution in [0.2, 0.25) is 0 Å². The minimum Gasteiger partial charge on any atom is -0.342 e. The Hall–Kier alpha value is -2.28. The topological polar surface area (TPSA) is 4.93 Å². The van der Waals surface area contributed by atoms with E-state index in [1.54, 1.807) is 0 Å². The van der Waals surface area contributed by atoms with E-state index in [1.165, 1.54) is 34.4 Å². The zero-order chi connectivity index (χ0) is 13.4. The Kier molecular flexibility index (Phi) is 2.70. The fourth-order valence-corrected chi connectivity index (χ4v) is 3.12. The molecule has 4 rings (SSSR count). The average Bonchev–Trinajstić information content (AvgIpc) is 3.09. The van der Waals surface area contributed by atoms with Gasteiger partial charge in [0.05, 0.1) is 6.20 Å². The van der Waals surface area contributed by atoms with Crippen LogP contribution in [0.4, 0.5) is 0 Å². The molecule has 0 aliphatic carbocycles. The van der Waals surface area contributed by atoms with Crippen molar-refractivity contribution >= 4 is 0 Å². The summed E-state index contributed by atoms with van der Waals surface area (Å²) >= 11 is 0. The monoisotopic (exact) mass is 258 g/mol. The lowest BCUT2D eigenvalue weighted by Gasteiger charge is -2.07. The molecule has 0 saturated heterocycles. The zero-order valence-electron chi connectivity index (χ0n) is 11.3. The Balaban J connectivity index is 1.97. The van der Waals surface area contributed by atoms with E-state index in [4.69, 9.17) is 0 Å². The van der Waals surface area contributed by atoms with Crippen molar-refractivity contribution in [3.63, 3.8) is 0 Å². The molecule has 1 nitrogen and oxygen atoms in total. The molecule has 1 aromatic heterocycles. The average molecular weight is 258 g/mol. The minimum absolute atomic E-state index is 1.10. The molecule has 0 atom stereocenters. The second-order valence-corrected chi connectivity index (χ2v) is 5.30. The predicted molar refractivity (Wildman–Crippen MR) is 82.5 cm³/mol. The van der Waals surface area contributed by atoms with Crippen LogP contribution >= 0.6 is 0 Å². The Morgan fingerprint density at radius 3 is 2.15 bits per heavy atom. The van der Waals surface area contributed by atoms with Crippen molar-refractivity contribution in [3.8, 4) is 22.3 Å². The summed E-state index contributed by atoms with van der Waals surface area (Å²) in [6.45, 7) is 1.10. The van der Waals surface area contributed by atoms with E-state index in [-0.39, 0.29) is 0 Å². The fourth-order valence-electron chi connectivity index (χ4n) is 3.12. The first kappa shape index (κ1) is 11.5. The quantitative estimate of drug-likeness (QED) is 0.634. The summed E-state index contributed by atoms with van der Waals surface area (Å²) in [5.74, 6) is 0. The van der Waals surface area contributed by atoms with Crippen LogP contribution in [0.3, 0.4) is 0 Å². The summed E-state index contributed by atoms with van der Waals surface area (Å²) in [5.41, 5.74) is 6.61. The highest BCUT2D eigenvalue weighted by atomic mass is 15.0. The lowest BCUT2D eigenvalue weighted by molar-refractivity contribution is 0.746. The molecule has 0 unspecified atom stereocenters. The summed E-state index contributed by atoms with van der Waals surface area (Å²) in [6.07, 6.45) is 5.99. The number of benzene rings is 2. The van der Waals surface area contributed by atoms with Gasteiger partial charge in [-0.25, -0.2) is 0 Å². The van der Waals surface area contributed by atoms with Gasteiger partial charge in [0.2, 0.25) is 0 Å². The Labute approximate surface area is 119 Å². The van der Waals surface area contributed by atoms with Gasteiger partial charge in [0.15, 0.2) is 0 Å². The van der Waals surface area contributed by atoms with Crippen molar-refractivity contribution < 1.29 is 0 Å². The molecule has 20 heavy (non-hydrogen) atoms. The van der Waals surface area contributed by atoms with Crippen molar-refractivity contribution in [1.29, 1.82) is 0 Å². The second kappa shape index (κ2) is 4.68. The van der Waals surface area contributed by atoms with Crippen LogP contribution in [-0.2, 0) is 13.0 Å². The van der Waals surface area contributed by atoms with Crippen molar-refractivity contribution in [2.24, 2.45) is 0 Å². The number of aromatic nitrogens is 1. The summed E-state index contributed by atoms with van der Waals surface area (Å²) in [5, 5.41) is 0. The molecular weight excluding hydrogens is 242 g/mol. The molecule has 1 heteroatoms. The molecule has 1 aliphatic rings. The van der Waals surface area contributed by atoms with Crippen molar-refractivity contribution in [2.75, 3.05) is 0 Å². The van der Waals surface area contributed by atoms with Gasteiger partial charge in [0.25, 0.3) is 0 Å². The normalized spacial score (nSPS) is 13.4. The maximum Gasteiger partial charge on any atom is 0.0743 e. The van der Waals surface area contributed by atoms with E-state index in [9.17, 15) is 0 Å². The molecule has 0 bridgehead atoms. The second-order valence-electron chi connectivity index (χ2n) is 5.30. The summed E-state index contributed by atoms with van der Waals surface area (Å²) in [4.78, 5) is 0. The van der Waals surface area contributed by atoms with Crippen LogP contribution in [0.5, 0.6) is 0 Å². The molecule has 0 N–H and O–H groups in total. The summed E-state index contributed by atoms with van der Waals surface area (Å²) in [6, 6.07) is 21.3. The van der Waals surface area contributed by atoms with E-state index >= 15 is 0 Å². The Morgan fingerprint density at radius 1 is 0.800 bits per heavy atom. The van der Waals surface area contributed by atoms with Crippen molar-refractivity contribution in [1.82, 2.24) is 4.57 Å². The number of hydrogen-bond donors (Lipinski definition) is 0. The standard InChI is InChI=1S/C19H16N/c1-3-8-15(9-4-1)17-14-20-13-7-12-18(20)19(17)16-10-5-2-6-11-16/h1-6,8-11H,7,12-13H2. The lowest BCUT2D eigenvalue weighted by atomic mass is 9.96. The zero-order valence-corrected chi connectivity index (χ0v) is 11.3. The van der Waals surface area contributed by atoms with Crippen molar-refractivity contribution in [3.05, 3.63) is 72.6 Å². The molecule has 2 heterocycles. The highest BCUT2D eigenvalue weighted by Gasteiger charge is 2.21. The molecule has 0 amide bonds. The molecule has 3 aromatic rings. The third-order valence-corrected chi connectivity index (χ3v) is 4.03. The molecule has 97 valence electrons. The molecule has 1 aliphatic heterocycles. The van der Waals surface area contributed by atoms with E-state index < -0.39 is 0 Å². The third kappa shape index (κ3) is 1.78. The maximum absolute atomic E-state index is 3.59. The maximum atomic E-state index is 3.59. The number of aryl methyl sites for hydroxylation is 1. The summed E-state index contributed by atoms with van der Waals surface area (Å²) < 4.78 is 2.31. The third-order valence-electron chi connectivity index (χ3n) is 4.03. The van der Waals surface area contributed by atoms with Gasteiger partial charge in [-0.1, -0.05) is 60.7 Å². The number of hydrogen-bond acceptors (Lipinski definition) is 0. The molecule has 0 saturated carbocycles. The van der Waals surface area contributed by atoms with Gasteiger partial charge in [0.1, 0.15) is 0 Å². The van der Waals surface area contributed by atoms with E-state index in [0.29, 0.717) is 0 Å². The SMILES string of the molecule is [c]1c(-c2ccccc2)c(-c2ccccc2)c2n1CCC2. The van der Waals surface area contributed by atoms with Gasteiger partial charge in [-0.3, -0.25) is 0 Å². The Morgan fingerprint density at radius 2 is 1.45 bits per heavy atom. The smallest absolute Gasteiger partial charge is 0.0743 e. The molecule has 0 fully saturated rings. The van der Waals surface area contributed by atoms with Gasteiger partial charge >= 0.3 is 0 Å². The van der Waals surface area contributed by atoms with Crippen LogP contribution in [-0.4, -0.2) is 4.57 Å². The van der Waals surface area contributed by atoms with Crippen molar-refractivity contribution in [2.45, 2.75) is 19.4 Å². The molecule has 1 radical (unpaired) electrons. The number of fused-ring (bicyclic) bond motifs is 1. The predicted octanol–water partition coefficient (Wildman–Crippen LogP) is 4.57. The first-order valence-corrected chi connectivity index (χ1v) is 7.19. The van der Waals surface area contributed by atoms with Gasteiger partial charge < -0.3 is 4.57 Å². The van der Waals surface area contributed by atoms with Crippen LogP contribution in [0.1, 0.15) is 12.1 Å². The van der Waals surface area contributed by atoms with E-state index in [2.05, 4.69) is 71.4 Å². The molecular formula is C19H16N. The van der Waals surface area contributed by atoms with Crippen LogP contribution in [0, 0.1) is 6.20 Å². The highest BCUT2D eigenvalue weighted by molar-refractivity contribution is 5.85. The number of nitrogens with zero attached hydrogens (tertiary/aromatic N) is 1. The fraction of sp³-hybridized carbons (Fsp3) is 0.158. The van der Waals surface area contributed by atoms with E-state index in [1.807, 2.05) is 0 Å². The van der Waals surface area contributed by atoms with Crippen LogP contribution < -0.4 is 0 Å². The first-order valence-electron chi connectivity index (χ1n) is 7.19. The highest BCUT2D eigenvalue weighted by Crippen LogP contribution is 2.38. The van der Waals surface area contributed by atoms with Gasteiger partial charge in [-0.15, -0.1) is 0 Å². The lowest BCUT2D eigenvalue weighted by Crippen LogP contribution is -1.89. The Bertz CT molecular complexity index is 723. The summed E-state index contributed by atoms with van der Waals surface area (Å²) in [7, 11) is 0. The van der Waals surface area contributed by atoms with E-state index in [0.717, 1.165) is 13.0 Å². The number of rotatable bonds is 2. The molecule has 2 aromatic carbocycles. The van der Waals surface area contributed by atoms with Crippen LogP contribution in [0.25, 0.3) is 22.3 Å². The van der Waals surface area contributed by atoms with Gasteiger partial charge in [-0.05, 0) is 24.0 Å². The molecule has 0 spiro atoms. The largest absolute Gasteiger partial charge is 0.342 e. The first-order chi connectivity index (χ1) is 9.93. The minimum atomic E-state index is 1.10. The van der Waals surface area contributed by atoms with Gasteiger partial charge in [-0.2, -0.15) is 0 Å². The van der Waals surface area contributed by atoms with Crippen LogP contribution in [0.15, 0.2) is 60.7 Å².